The highest BCUT2D eigenvalue weighted by molar-refractivity contribution is 4.86. The van der Waals surface area contributed by atoms with Crippen LogP contribution in [0.2, 0.25) is 0 Å². The van der Waals surface area contributed by atoms with Gasteiger partial charge in [0.1, 0.15) is 0 Å². The summed E-state index contributed by atoms with van der Waals surface area (Å²) in [6, 6.07) is 0. The van der Waals surface area contributed by atoms with Gasteiger partial charge in [0.25, 0.3) is 0 Å². The number of allylic oxidation sites excluding steroid dienone is 2. The number of rotatable bonds is 4. The molecule has 0 aliphatic heterocycles. The Morgan fingerprint density at radius 2 is 1.82 bits per heavy atom. The van der Waals surface area contributed by atoms with Crippen LogP contribution in [0.4, 0.5) is 0 Å². The van der Waals surface area contributed by atoms with E-state index in [1.165, 1.54) is 0 Å². The van der Waals surface area contributed by atoms with Crippen LogP contribution in [0.3, 0.4) is 0 Å². The van der Waals surface area contributed by atoms with E-state index >= 15 is 0 Å². The van der Waals surface area contributed by atoms with E-state index in [9.17, 15) is 0 Å². The number of aliphatic hydroxyl groups is 1. The van der Waals surface area contributed by atoms with Gasteiger partial charge in [-0.15, -0.1) is 0 Å². The molecule has 1 N–H and O–H groups in total. The fourth-order valence-corrected chi connectivity index (χ4v) is 1.16. The second-order valence-corrected chi connectivity index (χ2v) is 3.40. The lowest BCUT2D eigenvalue weighted by Gasteiger charge is -2.21. The van der Waals surface area contributed by atoms with Crippen molar-refractivity contribution in [2.75, 3.05) is 6.61 Å². The summed E-state index contributed by atoms with van der Waals surface area (Å²) in [6.45, 7) is 8.79. The van der Waals surface area contributed by atoms with Crippen molar-refractivity contribution in [2.24, 2.45) is 17.8 Å². The molecule has 0 aliphatic rings. The minimum absolute atomic E-state index is 0.295. The van der Waals surface area contributed by atoms with E-state index in [4.69, 9.17) is 5.11 Å². The maximum atomic E-state index is 8.90. The fraction of sp³-hybridized carbons (Fsp3) is 0.800. The Labute approximate surface area is 70.1 Å². The predicted molar refractivity (Wildman–Crippen MR) is 49.4 cm³/mol. The van der Waals surface area contributed by atoms with Gasteiger partial charge in [0.15, 0.2) is 0 Å². The van der Waals surface area contributed by atoms with Crippen molar-refractivity contribution in [1.82, 2.24) is 0 Å². The SMILES string of the molecule is CC=CC(C)C(C)C(C)CO. The van der Waals surface area contributed by atoms with Crippen molar-refractivity contribution < 1.29 is 5.11 Å². The van der Waals surface area contributed by atoms with Crippen molar-refractivity contribution >= 4 is 0 Å². The summed E-state index contributed by atoms with van der Waals surface area (Å²) < 4.78 is 0. The van der Waals surface area contributed by atoms with Crippen LogP contribution >= 0.6 is 0 Å². The molecule has 0 heterocycles. The Hall–Kier alpha value is -0.300. The third-order valence-electron chi connectivity index (χ3n) is 2.51. The topological polar surface area (TPSA) is 20.2 Å². The molecule has 0 bridgehead atoms. The monoisotopic (exact) mass is 156 g/mol. The van der Waals surface area contributed by atoms with E-state index in [1.54, 1.807) is 0 Å². The molecule has 3 atom stereocenters. The number of hydrogen-bond acceptors (Lipinski definition) is 1. The van der Waals surface area contributed by atoms with Gasteiger partial charge < -0.3 is 5.11 Å². The van der Waals surface area contributed by atoms with Crippen molar-refractivity contribution in [3.63, 3.8) is 0 Å². The van der Waals surface area contributed by atoms with E-state index in [-0.39, 0.29) is 0 Å². The summed E-state index contributed by atoms with van der Waals surface area (Å²) in [5, 5.41) is 8.90. The standard InChI is InChI=1S/C10H20O/c1-5-6-8(2)10(4)9(3)7-11/h5-6,8-11H,7H2,1-4H3. The van der Waals surface area contributed by atoms with Crippen LogP contribution in [0.15, 0.2) is 12.2 Å². The van der Waals surface area contributed by atoms with Crippen LogP contribution in [0.25, 0.3) is 0 Å². The Morgan fingerprint density at radius 1 is 1.27 bits per heavy atom. The van der Waals surface area contributed by atoms with Crippen LogP contribution in [0.5, 0.6) is 0 Å². The van der Waals surface area contributed by atoms with E-state index in [2.05, 4.69) is 32.9 Å². The highest BCUT2D eigenvalue weighted by Gasteiger charge is 2.15. The molecule has 66 valence electrons. The predicted octanol–water partition coefficient (Wildman–Crippen LogP) is 2.46. The average molecular weight is 156 g/mol. The average Bonchev–Trinajstić information content (AvgIpc) is 2.02. The van der Waals surface area contributed by atoms with Gasteiger partial charge in [0, 0.05) is 6.61 Å². The maximum absolute atomic E-state index is 8.90. The molecule has 1 heteroatoms. The summed E-state index contributed by atoms with van der Waals surface area (Å²) >= 11 is 0. The molecule has 0 fully saturated rings. The van der Waals surface area contributed by atoms with Crippen molar-refractivity contribution in [3.05, 3.63) is 12.2 Å². The quantitative estimate of drug-likeness (QED) is 0.620. The molecule has 0 amide bonds. The zero-order valence-electron chi connectivity index (χ0n) is 8.04. The van der Waals surface area contributed by atoms with E-state index in [0.717, 1.165) is 0 Å². The van der Waals surface area contributed by atoms with Crippen LogP contribution in [0.1, 0.15) is 27.7 Å². The summed E-state index contributed by atoms with van der Waals surface area (Å²) in [4.78, 5) is 0. The Balaban J connectivity index is 3.90. The smallest absolute Gasteiger partial charge is 0.0459 e. The van der Waals surface area contributed by atoms with Gasteiger partial charge in [0.05, 0.1) is 0 Å². The van der Waals surface area contributed by atoms with Gasteiger partial charge in [-0.05, 0) is 24.7 Å². The first-order valence-electron chi connectivity index (χ1n) is 4.37. The molecule has 0 saturated heterocycles. The van der Waals surface area contributed by atoms with Gasteiger partial charge >= 0.3 is 0 Å². The van der Waals surface area contributed by atoms with Crippen molar-refractivity contribution in [1.29, 1.82) is 0 Å². The van der Waals surface area contributed by atoms with Crippen LogP contribution in [0, 0.1) is 17.8 Å². The van der Waals surface area contributed by atoms with Crippen LogP contribution in [-0.4, -0.2) is 11.7 Å². The van der Waals surface area contributed by atoms with Crippen LogP contribution in [-0.2, 0) is 0 Å². The first-order chi connectivity index (χ1) is 5.13. The molecule has 0 aromatic carbocycles. The minimum Gasteiger partial charge on any atom is -0.396 e. The normalized spacial score (nSPS) is 20.1. The van der Waals surface area contributed by atoms with E-state index in [1.807, 2.05) is 6.92 Å². The zero-order valence-corrected chi connectivity index (χ0v) is 8.04. The Bertz CT molecular complexity index is 118. The van der Waals surface area contributed by atoms with E-state index < -0.39 is 0 Å². The second kappa shape index (κ2) is 5.36. The minimum atomic E-state index is 0.295. The molecular weight excluding hydrogens is 136 g/mol. The largest absolute Gasteiger partial charge is 0.396 e. The molecule has 11 heavy (non-hydrogen) atoms. The lowest BCUT2D eigenvalue weighted by molar-refractivity contribution is 0.177. The number of aliphatic hydroxyl groups excluding tert-OH is 1. The molecule has 0 aromatic heterocycles. The molecule has 0 rings (SSSR count). The molecule has 0 saturated carbocycles. The maximum Gasteiger partial charge on any atom is 0.0459 e. The van der Waals surface area contributed by atoms with Crippen molar-refractivity contribution in [2.45, 2.75) is 27.7 Å². The van der Waals surface area contributed by atoms with Gasteiger partial charge in [-0.3, -0.25) is 0 Å². The third-order valence-corrected chi connectivity index (χ3v) is 2.51. The highest BCUT2D eigenvalue weighted by atomic mass is 16.3. The molecule has 0 aliphatic carbocycles. The number of hydrogen-bond donors (Lipinski definition) is 1. The fourth-order valence-electron chi connectivity index (χ4n) is 1.16. The summed E-state index contributed by atoms with van der Waals surface area (Å²) in [5.41, 5.74) is 0. The lowest BCUT2D eigenvalue weighted by Crippen LogP contribution is -2.17. The second-order valence-electron chi connectivity index (χ2n) is 3.40. The summed E-state index contributed by atoms with van der Waals surface area (Å²) in [5.74, 6) is 1.54. The summed E-state index contributed by atoms with van der Waals surface area (Å²) in [7, 11) is 0. The zero-order chi connectivity index (χ0) is 8.85. The third kappa shape index (κ3) is 3.57. The van der Waals surface area contributed by atoms with Gasteiger partial charge in [0.2, 0.25) is 0 Å². The molecular formula is C10H20O. The first kappa shape index (κ1) is 10.7. The van der Waals surface area contributed by atoms with Crippen LogP contribution < -0.4 is 0 Å². The van der Waals surface area contributed by atoms with Gasteiger partial charge in [-0.1, -0.05) is 32.9 Å². The molecule has 3 unspecified atom stereocenters. The lowest BCUT2D eigenvalue weighted by atomic mass is 9.85. The highest BCUT2D eigenvalue weighted by Crippen LogP contribution is 2.20. The summed E-state index contributed by atoms with van der Waals surface area (Å²) in [6.07, 6.45) is 4.27. The molecule has 0 radical (unpaired) electrons. The molecule has 0 aromatic rings. The first-order valence-corrected chi connectivity index (χ1v) is 4.37. The molecule has 1 nitrogen and oxygen atoms in total. The van der Waals surface area contributed by atoms with Crippen molar-refractivity contribution in [3.8, 4) is 0 Å². The Morgan fingerprint density at radius 3 is 2.18 bits per heavy atom. The molecule has 0 spiro atoms. The van der Waals surface area contributed by atoms with Gasteiger partial charge in [-0.2, -0.15) is 0 Å². The Kier molecular flexibility index (Phi) is 5.22. The van der Waals surface area contributed by atoms with E-state index in [0.29, 0.717) is 24.4 Å². The van der Waals surface area contributed by atoms with Gasteiger partial charge in [-0.25, -0.2) is 0 Å².